The molecule has 2 aliphatic carbocycles. The first-order valence-corrected chi connectivity index (χ1v) is 9.47. The summed E-state index contributed by atoms with van der Waals surface area (Å²) in [4.78, 5) is 1.67. The maximum absolute atomic E-state index is 3.88. The fourth-order valence-corrected chi connectivity index (χ4v) is 5.57. The van der Waals surface area contributed by atoms with Crippen molar-refractivity contribution in [2.75, 3.05) is 6.54 Å². The topological polar surface area (TPSA) is 12.0 Å². The van der Waals surface area contributed by atoms with E-state index in [1.54, 1.807) is 10.4 Å². The molecule has 2 heteroatoms. The van der Waals surface area contributed by atoms with Crippen molar-refractivity contribution in [3.63, 3.8) is 0 Å². The second-order valence-electron chi connectivity index (χ2n) is 6.91. The Kier molecular flexibility index (Phi) is 4.83. The Labute approximate surface area is 128 Å². The Hall–Kier alpha value is -0.340. The summed E-state index contributed by atoms with van der Waals surface area (Å²) in [5, 5.41) is 6.19. The zero-order valence-corrected chi connectivity index (χ0v) is 13.8. The minimum atomic E-state index is 0.719. The number of thiophene rings is 1. The monoisotopic (exact) mass is 291 g/mol. The molecule has 0 radical (unpaired) electrons. The fourth-order valence-electron chi connectivity index (χ4n) is 4.58. The van der Waals surface area contributed by atoms with Crippen molar-refractivity contribution in [2.45, 2.75) is 70.8 Å². The molecule has 0 spiro atoms. The molecule has 1 saturated carbocycles. The van der Waals surface area contributed by atoms with E-state index in [0.717, 1.165) is 30.3 Å². The third-order valence-corrected chi connectivity index (χ3v) is 6.45. The average Bonchev–Trinajstić information content (AvgIpc) is 2.93. The van der Waals surface area contributed by atoms with Gasteiger partial charge in [0.2, 0.25) is 0 Å². The van der Waals surface area contributed by atoms with Crippen LogP contribution in [0.2, 0.25) is 0 Å². The molecule has 1 nitrogen and oxygen atoms in total. The molecule has 1 N–H and O–H groups in total. The number of hydrogen-bond donors (Lipinski definition) is 1. The molecule has 0 bridgehead atoms. The molecule has 2 aliphatic rings. The van der Waals surface area contributed by atoms with Crippen LogP contribution in [0.25, 0.3) is 0 Å². The average molecular weight is 292 g/mol. The molecular weight excluding hydrogens is 262 g/mol. The van der Waals surface area contributed by atoms with E-state index in [9.17, 15) is 0 Å². The van der Waals surface area contributed by atoms with Crippen LogP contribution in [0.5, 0.6) is 0 Å². The van der Waals surface area contributed by atoms with Crippen molar-refractivity contribution in [2.24, 2.45) is 11.8 Å². The summed E-state index contributed by atoms with van der Waals surface area (Å²) in [5.41, 5.74) is 1.69. The molecule has 0 amide bonds. The smallest absolute Gasteiger partial charge is 0.0164 e. The highest BCUT2D eigenvalue weighted by Gasteiger charge is 2.35. The molecule has 1 aromatic rings. The van der Waals surface area contributed by atoms with Crippen molar-refractivity contribution in [1.82, 2.24) is 5.32 Å². The summed E-state index contributed by atoms with van der Waals surface area (Å²) in [7, 11) is 0. The van der Waals surface area contributed by atoms with Crippen LogP contribution in [0.4, 0.5) is 0 Å². The van der Waals surface area contributed by atoms with Gasteiger partial charge in [-0.25, -0.2) is 0 Å². The number of likely N-dealkylation sites (N-methyl/N-ethyl adjacent to an activating group) is 1. The van der Waals surface area contributed by atoms with Crippen molar-refractivity contribution in [3.05, 3.63) is 21.9 Å². The van der Waals surface area contributed by atoms with E-state index in [2.05, 4.69) is 30.6 Å². The second-order valence-corrected chi connectivity index (χ2v) is 7.91. The highest BCUT2D eigenvalue weighted by atomic mass is 32.1. The third-order valence-electron chi connectivity index (χ3n) is 5.46. The highest BCUT2D eigenvalue weighted by molar-refractivity contribution is 7.10. The zero-order valence-electron chi connectivity index (χ0n) is 13.0. The minimum absolute atomic E-state index is 0.719. The van der Waals surface area contributed by atoms with E-state index in [1.165, 1.54) is 44.9 Å². The first kappa shape index (κ1) is 14.6. The van der Waals surface area contributed by atoms with Gasteiger partial charge in [-0.15, -0.1) is 11.3 Å². The van der Waals surface area contributed by atoms with Crippen LogP contribution >= 0.6 is 11.3 Å². The summed E-state index contributed by atoms with van der Waals surface area (Å²) in [6.07, 6.45) is 9.88. The van der Waals surface area contributed by atoms with Gasteiger partial charge in [0.25, 0.3) is 0 Å². The highest BCUT2D eigenvalue weighted by Crippen LogP contribution is 2.42. The molecule has 4 atom stereocenters. The van der Waals surface area contributed by atoms with E-state index < -0.39 is 0 Å². The molecule has 3 rings (SSSR count). The molecule has 0 aromatic carbocycles. The van der Waals surface area contributed by atoms with Crippen molar-refractivity contribution in [3.8, 4) is 0 Å². The van der Waals surface area contributed by atoms with Crippen LogP contribution in [0.1, 0.15) is 68.7 Å². The van der Waals surface area contributed by atoms with Gasteiger partial charge < -0.3 is 5.32 Å². The normalized spacial score (nSPS) is 31.8. The first-order chi connectivity index (χ1) is 9.79. The first-order valence-electron chi connectivity index (χ1n) is 8.59. The van der Waals surface area contributed by atoms with Crippen LogP contribution in [0.15, 0.2) is 11.4 Å². The lowest BCUT2D eigenvalue weighted by Crippen LogP contribution is -2.43. The molecule has 0 aliphatic heterocycles. The third kappa shape index (κ3) is 2.96. The SMILES string of the molecule is CCNC(C1CCCC(C)C1)C1CCCc2sccc21. The van der Waals surface area contributed by atoms with Gasteiger partial charge in [0, 0.05) is 16.8 Å². The standard InChI is InChI=1S/C18H29NS/c1-3-19-18(14-7-4-6-13(2)12-14)16-8-5-9-17-15(16)10-11-20-17/h10-11,13-14,16,18-19H,3-9,12H2,1-2H3. The lowest BCUT2D eigenvalue weighted by atomic mass is 9.71. The van der Waals surface area contributed by atoms with Gasteiger partial charge in [0.15, 0.2) is 0 Å². The molecule has 0 saturated heterocycles. The fraction of sp³-hybridized carbons (Fsp3) is 0.778. The Balaban J connectivity index is 1.80. The second kappa shape index (κ2) is 6.62. The maximum Gasteiger partial charge on any atom is 0.0164 e. The molecule has 112 valence electrons. The lowest BCUT2D eigenvalue weighted by Gasteiger charge is -2.40. The van der Waals surface area contributed by atoms with E-state index in [1.807, 2.05) is 11.3 Å². The predicted octanol–water partition coefficient (Wildman–Crippen LogP) is 4.97. The number of fused-ring (bicyclic) bond motifs is 1. The Morgan fingerprint density at radius 1 is 1.30 bits per heavy atom. The van der Waals surface area contributed by atoms with Crippen molar-refractivity contribution >= 4 is 11.3 Å². The molecule has 1 fully saturated rings. The minimum Gasteiger partial charge on any atom is -0.313 e. The molecule has 4 unspecified atom stereocenters. The summed E-state index contributed by atoms with van der Waals surface area (Å²) >= 11 is 1.98. The van der Waals surface area contributed by atoms with Crippen molar-refractivity contribution < 1.29 is 0 Å². The lowest BCUT2D eigenvalue weighted by molar-refractivity contribution is 0.196. The van der Waals surface area contributed by atoms with Crippen LogP contribution in [-0.2, 0) is 6.42 Å². The predicted molar refractivity (Wildman–Crippen MR) is 88.6 cm³/mol. The number of hydrogen-bond acceptors (Lipinski definition) is 2. The zero-order chi connectivity index (χ0) is 13.9. The van der Waals surface area contributed by atoms with E-state index >= 15 is 0 Å². The van der Waals surface area contributed by atoms with Gasteiger partial charge in [-0.2, -0.15) is 0 Å². The summed E-state index contributed by atoms with van der Waals surface area (Å²) in [6.45, 7) is 5.84. The summed E-state index contributed by atoms with van der Waals surface area (Å²) in [5.74, 6) is 2.61. The molecular formula is C18H29NS. The maximum atomic E-state index is 3.88. The Morgan fingerprint density at radius 2 is 2.20 bits per heavy atom. The van der Waals surface area contributed by atoms with Gasteiger partial charge in [0.1, 0.15) is 0 Å². The van der Waals surface area contributed by atoms with Crippen LogP contribution in [0, 0.1) is 11.8 Å². The number of rotatable bonds is 4. The summed E-state index contributed by atoms with van der Waals surface area (Å²) in [6, 6.07) is 3.14. The van der Waals surface area contributed by atoms with Gasteiger partial charge in [0.05, 0.1) is 0 Å². The van der Waals surface area contributed by atoms with E-state index in [4.69, 9.17) is 0 Å². The molecule has 20 heavy (non-hydrogen) atoms. The van der Waals surface area contributed by atoms with E-state index in [0.29, 0.717) is 0 Å². The van der Waals surface area contributed by atoms with Gasteiger partial charge in [-0.1, -0.05) is 26.7 Å². The van der Waals surface area contributed by atoms with Gasteiger partial charge >= 0.3 is 0 Å². The number of nitrogens with one attached hydrogen (secondary N) is 1. The quantitative estimate of drug-likeness (QED) is 0.825. The number of aryl methyl sites for hydroxylation is 1. The Bertz CT molecular complexity index is 425. The van der Waals surface area contributed by atoms with Gasteiger partial charge in [-0.05, 0) is 67.5 Å². The molecule has 1 heterocycles. The Morgan fingerprint density at radius 3 is 3.00 bits per heavy atom. The van der Waals surface area contributed by atoms with Gasteiger partial charge in [-0.3, -0.25) is 0 Å². The molecule has 1 aromatic heterocycles. The van der Waals surface area contributed by atoms with E-state index in [-0.39, 0.29) is 0 Å². The van der Waals surface area contributed by atoms with Crippen LogP contribution in [-0.4, -0.2) is 12.6 Å². The van der Waals surface area contributed by atoms with Crippen molar-refractivity contribution in [1.29, 1.82) is 0 Å². The summed E-state index contributed by atoms with van der Waals surface area (Å²) < 4.78 is 0. The largest absolute Gasteiger partial charge is 0.313 e. The van der Waals surface area contributed by atoms with Crippen LogP contribution < -0.4 is 5.32 Å². The van der Waals surface area contributed by atoms with Crippen LogP contribution in [0.3, 0.4) is 0 Å².